The molecule has 0 spiro atoms. The fourth-order valence-electron chi connectivity index (χ4n) is 2.89. The number of aromatic nitrogens is 2. The van der Waals surface area contributed by atoms with E-state index in [1.807, 2.05) is 13.0 Å². The van der Waals surface area contributed by atoms with Gasteiger partial charge < -0.3 is 19.2 Å². The van der Waals surface area contributed by atoms with Gasteiger partial charge in [-0.1, -0.05) is 11.6 Å². The molecule has 30 heavy (non-hydrogen) atoms. The number of rotatable bonds is 6. The molecule has 2 aromatic heterocycles. The number of hydrogen-bond acceptors (Lipinski definition) is 7. The summed E-state index contributed by atoms with van der Waals surface area (Å²) < 4.78 is 16.4. The van der Waals surface area contributed by atoms with Crippen LogP contribution in [0.15, 0.2) is 21.4 Å². The van der Waals surface area contributed by atoms with E-state index < -0.39 is 5.97 Å². The first-order valence-corrected chi connectivity index (χ1v) is 10.8. The highest BCUT2D eigenvalue weighted by Crippen LogP contribution is 2.38. The van der Waals surface area contributed by atoms with E-state index in [4.69, 9.17) is 25.8 Å². The third-order valence-corrected chi connectivity index (χ3v) is 6.27. The van der Waals surface area contributed by atoms with Gasteiger partial charge in [-0.15, -0.1) is 11.3 Å². The average Bonchev–Trinajstić information content (AvgIpc) is 3.04. The van der Waals surface area contributed by atoms with Crippen molar-refractivity contribution >= 4 is 66.2 Å². The van der Waals surface area contributed by atoms with E-state index in [9.17, 15) is 9.59 Å². The number of thiophene rings is 1. The fraction of sp³-hybridized carbons (Fsp3) is 0.250. The van der Waals surface area contributed by atoms with Crippen LogP contribution in [0.1, 0.15) is 33.5 Å². The van der Waals surface area contributed by atoms with Crippen molar-refractivity contribution in [2.45, 2.75) is 13.8 Å². The first-order valence-electron chi connectivity index (χ1n) is 8.80. The van der Waals surface area contributed by atoms with Crippen molar-refractivity contribution in [3.8, 4) is 11.5 Å². The summed E-state index contributed by atoms with van der Waals surface area (Å²) in [5.41, 5.74) is 0.871. The minimum atomic E-state index is -0.510. The molecule has 0 atom stereocenters. The van der Waals surface area contributed by atoms with Crippen LogP contribution >= 0.6 is 38.9 Å². The Morgan fingerprint density at radius 2 is 2.10 bits per heavy atom. The third kappa shape index (κ3) is 4.23. The second-order valence-corrected chi connectivity index (χ2v) is 8.36. The summed E-state index contributed by atoms with van der Waals surface area (Å²) in [5.74, 6) is 0.808. The molecule has 0 saturated heterocycles. The molecule has 0 radical (unpaired) electrons. The zero-order chi connectivity index (χ0) is 22.0. The lowest BCUT2D eigenvalue weighted by molar-refractivity contribution is 0.0605. The van der Waals surface area contributed by atoms with Crippen molar-refractivity contribution < 1.29 is 19.0 Å². The smallest absolute Gasteiger partial charge is 0.348 e. The standard InChI is InChI=1S/C20H18BrClN2O5S/c1-5-29-13-8-10(6-11(21)15(13)27-3)7-12(22)17-23-18(25)14-9(2)16(20(26)28-4)30-19(14)24-17/h6-8H,5H2,1-4H3,(H,23,24,25)/b12-7-. The number of methoxy groups -OCH3 is 2. The molecule has 0 saturated carbocycles. The molecule has 0 unspecified atom stereocenters. The SMILES string of the molecule is CCOc1cc(/C=C(\Cl)c2nc3sc(C(=O)OC)c(C)c3c(=O)[nH]2)cc(Br)c1OC. The van der Waals surface area contributed by atoms with Crippen molar-refractivity contribution in [1.82, 2.24) is 9.97 Å². The molecule has 0 bridgehead atoms. The molecule has 10 heteroatoms. The molecular weight excluding hydrogens is 496 g/mol. The van der Waals surface area contributed by atoms with Crippen LogP contribution in [0, 0.1) is 6.92 Å². The number of fused-ring (bicyclic) bond motifs is 1. The molecule has 158 valence electrons. The second-order valence-electron chi connectivity index (χ2n) is 6.10. The number of benzene rings is 1. The van der Waals surface area contributed by atoms with Crippen LogP contribution in [0.25, 0.3) is 21.3 Å². The summed E-state index contributed by atoms with van der Waals surface area (Å²) >= 11 is 11.0. The van der Waals surface area contributed by atoms with E-state index in [2.05, 4.69) is 25.9 Å². The van der Waals surface area contributed by atoms with E-state index in [-0.39, 0.29) is 16.4 Å². The van der Waals surface area contributed by atoms with Gasteiger partial charge >= 0.3 is 5.97 Å². The van der Waals surface area contributed by atoms with E-state index in [0.29, 0.717) is 43.2 Å². The minimum absolute atomic E-state index is 0.191. The van der Waals surface area contributed by atoms with Crippen molar-refractivity contribution in [3.63, 3.8) is 0 Å². The fourth-order valence-corrected chi connectivity index (χ4v) is 4.83. The van der Waals surface area contributed by atoms with Gasteiger partial charge in [0.1, 0.15) is 9.71 Å². The van der Waals surface area contributed by atoms with Crippen LogP contribution in [0.3, 0.4) is 0 Å². The number of carbonyl (C=O) groups excluding carboxylic acids is 1. The van der Waals surface area contributed by atoms with Gasteiger partial charge in [-0.3, -0.25) is 4.79 Å². The predicted octanol–water partition coefficient (Wildman–Crippen LogP) is 4.99. The summed E-state index contributed by atoms with van der Waals surface area (Å²) in [5, 5.41) is 0.568. The van der Waals surface area contributed by atoms with Gasteiger partial charge in [-0.2, -0.15) is 0 Å². The van der Waals surface area contributed by atoms with Gasteiger partial charge in [0.2, 0.25) is 0 Å². The molecule has 1 N–H and O–H groups in total. The van der Waals surface area contributed by atoms with E-state index in [1.54, 1.807) is 26.2 Å². The highest BCUT2D eigenvalue weighted by Gasteiger charge is 2.20. The number of esters is 1. The van der Waals surface area contributed by atoms with Crippen LogP contribution in [0.5, 0.6) is 11.5 Å². The number of hydrogen-bond donors (Lipinski definition) is 1. The first kappa shape index (κ1) is 22.3. The van der Waals surface area contributed by atoms with Gasteiger partial charge in [0.15, 0.2) is 17.3 Å². The molecule has 7 nitrogen and oxygen atoms in total. The number of carbonyl (C=O) groups is 1. The molecule has 1 aromatic carbocycles. The molecule has 0 amide bonds. The Bertz CT molecular complexity index is 1220. The molecule has 3 rings (SSSR count). The Kier molecular flexibility index (Phi) is 6.84. The average molecular weight is 514 g/mol. The Hall–Kier alpha value is -2.36. The summed E-state index contributed by atoms with van der Waals surface area (Å²) in [6.07, 6.45) is 1.65. The Morgan fingerprint density at radius 1 is 1.37 bits per heavy atom. The number of nitrogens with zero attached hydrogens (tertiary/aromatic N) is 1. The van der Waals surface area contributed by atoms with Crippen LogP contribution in [-0.4, -0.2) is 36.8 Å². The van der Waals surface area contributed by atoms with E-state index in [1.165, 1.54) is 7.11 Å². The lowest BCUT2D eigenvalue weighted by Gasteiger charge is -2.12. The maximum atomic E-state index is 12.6. The van der Waals surface area contributed by atoms with Crippen LogP contribution in [0.2, 0.25) is 0 Å². The van der Waals surface area contributed by atoms with Crippen LogP contribution < -0.4 is 15.0 Å². The Labute approximate surface area is 189 Å². The van der Waals surface area contributed by atoms with Gasteiger partial charge in [0, 0.05) is 0 Å². The third-order valence-electron chi connectivity index (χ3n) is 4.23. The predicted molar refractivity (Wildman–Crippen MR) is 122 cm³/mol. The lowest BCUT2D eigenvalue weighted by Crippen LogP contribution is -2.10. The van der Waals surface area contributed by atoms with Crippen LogP contribution in [0.4, 0.5) is 0 Å². The topological polar surface area (TPSA) is 90.5 Å². The zero-order valence-electron chi connectivity index (χ0n) is 16.6. The number of halogens is 2. The molecule has 0 aliphatic heterocycles. The number of ether oxygens (including phenoxy) is 3. The maximum absolute atomic E-state index is 12.6. The summed E-state index contributed by atoms with van der Waals surface area (Å²) in [7, 11) is 2.85. The van der Waals surface area contributed by atoms with E-state index in [0.717, 1.165) is 16.9 Å². The zero-order valence-corrected chi connectivity index (χ0v) is 19.8. The largest absolute Gasteiger partial charge is 0.492 e. The van der Waals surface area contributed by atoms with Crippen LogP contribution in [-0.2, 0) is 4.74 Å². The van der Waals surface area contributed by atoms with Crippen molar-refractivity contribution in [2.24, 2.45) is 0 Å². The maximum Gasteiger partial charge on any atom is 0.348 e. The molecule has 0 fully saturated rings. The summed E-state index contributed by atoms with van der Waals surface area (Å²) in [6, 6.07) is 3.59. The lowest BCUT2D eigenvalue weighted by atomic mass is 10.2. The second kappa shape index (κ2) is 9.20. The Balaban J connectivity index is 2.09. The highest BCUT2D eigenvalue weighted by atomic mass is 79.9. The number of nitrogens with one attached hydrogen (secondary N) is 1. The number of aromatic amines is 1. The van der Waals surface area contributed by atoms with Gasteiger partial charge in [0.05, 0.1) is 35.7 Å². The molecule has 3 aromatic rings. The van der Waals surface area contributed by atoms with Gasteiger partial charge in [-0.05, 0) is 59.1 Å². The molecule has 2 heterocycles. The van der Waals surface area contributed by atoms with Crippen molar-refractivity contribution in [2.75, 3.05) is 20.8 Å². The molecular formula is C20H18BrClN2O5S. The van der Waals surface area contributed by atoms with Gasteiger partial charge in [-0.25, -0.2) is 9.78 Å². The summed E-state index contributed by atoms with van der Waals surface area (Å²) in [6.45, 7) is 4.02. The first-order chi connectivity index (χ1) is 14.3. The molecule has 0 aliphatic rings. The van der Waals surface area contributed by atoms with E-state index >= 15 is 0 Å². The minimum Gasteiger partial charge on any atom is -0.492 e. The Morgan fingerprint density at radius 3 is 2.73 bits per heavy atom. The number of aryl methyl sites for hydroxylation is 1. The quantitative estimate of drug-likeness (QED) is 0.467. The normalized spacial score (nSPS) is 11.6. The molecule has 0 aliphatic carbocycles. The number of H-pyrrole nitrogens is 1. The van der Waals surface area contributed by atoms with Crippen molar-refractivity contribution in [1.29, 1.82) is 0 Å². The highest BCUT2D eigenvalue weighted by molar-refractivity contribution is 9.10. The summed E-state index contributed by atoms with van der Waals surface area (Å²) in [4.78, 5) is 32.4. The monoisotopic (exact) mass is 512 g/mol. The van der Waals surface area contributed by atoms with Gasteiger partial charge in [0.25, 0.3) is 5.56 Å². The van der Waals surface area contributed by atoms with Crippen molar-refractivity contribution in [3.05, 3.63) is 48.8 Å².